The van der Waals surface area contributed by atoms with Crippen LogP contribution < -0.4 is 21.7 Å². The summed E-state index contributed by atoms with van der Waals surface area (Å²) < 4.78 is 6.62. The van der Waals surface area contributed by atoms with Crippen molar-refractivity contribution < 1.29 is 39.5 Å². The maximum absolute atomic E-state index is 13.8. The second-order valence-corrected chi connectivity index (χ2v) is 11.1. The Bertz CT molecular complexity index is 1670. The zero-order chi connectivity index (χ0) is 33.5. The maximum Gasteiger partial charge on any atom is 0.243 e. The molecule has 2 aromatic heterocycles. The fourth-order valence-corrected chi connectivity index (χ4v) is 5.32. The van der Waals surface area contributed by atoms with Crippen LogP contribution in [0.4, 0.5) is 5.82 Å². The van der Waals surface area contributed by atoms with Crippen LogP contribution in [-0.4, -0.2) is 107 Å². The molecule has 5 rings (SSSR count). The predicted molar refractivity (Wildman–Crippen MR) is 166 cm³/mol. The van der Waals surface area contributed by atoms with Crippen molar-refractivity contribution in [2.75, 3.05) is 12.3 Å². The second-order valence-electron chi connectivity index (χ2n) is 11.1. The number of anilines is 1. The molecule has 1 fully saturated rings. The van der Waals surface area contributed by atoms with Gasteiger partial charge in [0.1, 0.15) is 54.8 Å². The number of aromatic nitrogens is 4. The molecule has 0 saturated carbocycles. The third-order valence-electron chi connectivity index (χ3n) is 7.80. The summed E-state index contributed by atoms with van der Waals surface area (Å²) in [6, 6.07) is 13.9. The van der Waals surface area contributed by atoms with Gasteiger partial charge in [-0.15, -0.1) is 0 Å². The van der Waals surface area contributed by atoms with Gasteiger partial charge in [-0.3, -0.25) is 14.4 Å². The van der Waals surface area contributed by atoms with Gasteiger partial charge in [-0.25, -0.2) is 15.0 Å². The average Bonchev–Trinajstić information content (AvgIpc) is 3.48. The molecule has 0 spiro atoms. The van der Waals surface area contributed by atoms with Crippen LogP contribution in [0.5, 0.6) is 0 Å². The molecule has 1 saturated heterocycles. The molecule has 4 aromatic rings. The van der Waals surface area contributed by atoms with E-state index >= 15 is 0 Å². The van der Waals surface area contributed by atoms with E-state index in [0.717, 1.165) is 5.56 Å². The fraction of sp³-hybridized carbons (Fsp3) is 0.355. The van der Waals surface area contributed by atoms with Gasteiger partial charge in [-0.05, 0) is 11.1 Å². The first-order valence-corrected chi connectivity index (χ1v) is 14.8. The van der Waals surface area contributed by atoms with Crippen LogP contribution in [0, 0.1) is 0 Å². The summed E-state index contributed by atoms with van der Waals surface area (Å²) >= 11 is 0. The first-order chi connectivity index (χ1) is 22.6. The van der Waals surface area contributed by atoms with Crippen molar-refractivity contribution in [3.63, 3.8) is 0 Å². The van der Waals surface area contributed by atoms with Gasteiger partial charge in [0.25, 0.3) is 0 Å². The Morgan fingerprint density at radius 2 is 1.47 bits per heavy atom. The molecule has 248 valence electrons. The SMILES string of the molecule is Nc1ncnc2c1ncn2CC(=O)NC(Cc1ccccc1)C(=O)N[C@@H](Cc1ccccc1)C(=O)NC1[C@@H](O)C(O)[C@@H](CO)O[C@H]1O. The monoisotopic (exact) mass is 648 g/mol. The summed E-state index contributed by atoms with van der Waals surface area (Å²) in [5, 5.41) is 48.6. The van der Waals surface area contributed by atoms with Gasteiger partial charge in [-0.1, -0.05) is 60.7 Å². The summed E-state index contributed by atoms with van der Waals surface area (Å²) in [6.45, 7) is -0.913. The lowest BCUT2D eigenvalue weighted by molar-refractivity contribution is -0.254. The van der Waals surface area contributed by atoms with Gasteiger partial charge in [0.15, 0.2) is 17.8 Å². The highest BCUT2D eigenvalue weighted by Gasteiger charge is 2.45. The van der Waals surface area contributed by atoms with Crippen molar-refractivity contribution in [1.82, 2.24) is 35.5 Å². The number of aliphatic hydroxyl groups excluding tert-OH is 4. The van der Waals surface area contributed by atoms with E-state index in [1.807, 2.05) is 6.07 Å². The third-order valence-corrected chi connectivity index (χ3v) is 7.80. The summed E-state index contributed by atoms with van der Waals surface area (Å²) in [7, 11) is 0. The molecule has 2 aromatic carbocycles. The van der Waals surface area contributed by atoms with E-state index in [0.29, 0.717) is 16.7 Å². The molecule has 16 nitrogen and oxygen atoms in total. The van der Waals surface area contributed by atoms with E-state index in [-0.39, 0.29) is 25.2 Å². The number of benzene rings is 2. The minimum atomic E-state index is -1.76. The van der Waals surface area contributed by atoms with Gasteiger partial charge in [0.05, 0.1) is 12.9 Å². The summed E-state index contributed by atoms with van der Waals surface area (Å²) in [5.41, 5.74) is 7.94. The van der Waals surface area contributed by atoms with Gasteiger partial charge in [-0.2, -0.15) is 0 Å². The van der Waals surface area contributed by atoms with Crippen LogP contribution >= 0.6 is 0 Å². The molecule has 3 amide bonds. The lowest BCUT2D eigenvalue weighted by Crippen LogP contribution is -2.66. The highest BCUT2D eigenvalue weighted by atomic mass is 16.6. The van der Waals surface area contributed by atoms with Crippen molar-refractivity contribution in [3.05, 3.63) is 84.4 Å². The number of nitrogens with one attached hydrogen (secondary N) is 3. The zero-order valence-corrected chi connectivity index (χ0v) is 25.1. The molecule has 3 unspecified atom stereocenters. The largest absolute Gasteiger partial charge is 0.394 e. The van der Waals surface area contributed by atoms with Crippen molar-refractivity contribution >= 4 is 34.7 Å². The van der Waals surface area contributed by atoms with Crippen LogP contribution in [0.3, 0.4) is 0 Å². The molecule has 7 atom stereocenters. The van der Waals surface area contributed by atoms with E-state index in [1.54, 1.807) is 54.6 Å². The minimum Gasteiger partial charge on any atom is -0.394 e. The number of hydrogen-bond acceptors (Lipinski definition) is 12. The standard InChI is InChI=1S/C31H36N8O8/c32-27-24-28(34-15-33-27)39(16-35-24)13-22(41)36-19(11-17-7-3-1-4-8-17)29(44)37-20(12-18-9-5-2-6-10-18)30(45)38-23-26(43)25(42)21(14-40)47-31(23)46/h1-10,15-16,19-21,23,25-26,31,40,42-43,46H,11-14H2,(H,36,41)(H,37,44)(H,38,45)(H2,32,33,34)/t19?,20-,21+,23?,25?,26+,31+/m0/s1. The quantitative estimate of drug-likeness (QED) is 0.0814. The number of nitrogens with zero attached hydrogens (tertiary/aromatic N) is 4. The smallest absolute Gasteiger partial charge is 0.243 e. The van der Waals surface area contributed by atoms with Crippen molar-refractivity contribution in [3.8, 4) is 0 Å². The van der Waals surface area contributed by atoms with E-state index in [1.165, 1.54) is 17.2 Å². The number of imidazole rings is 1. The van der Waals surface area contributed by atoms with Gasteiger partial charge >= 0.3 is 0 Å². The highest BCUT2D eigenvalue weighted by Crippen LogP contribution is 2.20. The van der Waals surface area contributed by atoms with Crippen molar-refractivity contribution in [2.24, 2.45) is 0 Å². The van der Waals surface area contributed by atoms with Crippen LogP contribution in [0.15, 0.2) is 73.3 Å². The number of carbonyl (C=O) groups excluding carboxylic acids is 3. The minimum absolute atomic E-state index is 0.00809. The predicted octanol–water partition coefficient (Wildman–Crippen LogP) is -2.22. The second kappa shape index (κ2) is 15.1. The molecule has 0 radical (unpaired) electrons. The molecule has 1 aliphatic heterocycles. The summed E-state index contributed by atoms with van der Waals surface area (Å²) in [6.07, 6.45) is -3.57. The third kappa shape index (κ3) is 8.05. The number of amides is 3. The number of carbonyl (C=O) groups is 3. The van der Waals surface area contributed by atoms with E-state index in [2.05, 4.69) is 30.9 Å². The molecular formula is C31H36N8O8. The normalized spacial score (nSPS) is 22.3. The number of nitrogen functional groups attached to an aromatic ring is 1. The molecule has 3 heterocycles. The average molecular weight is 649 g/mol. The van der Waals surface area contributed by atoms with Gasteiger partial charge < -0.3 is 51.4 Å². The van der Waals surface area contributed by atoms with Crippen molar-refractivity contribution in [1.29, 1.82) is 0 Å². The summed E-state index contributed by atoms with van der Waals surface area (Å²) in [5.74, 6) is -1.86. The zero-order valence-electron chi connectivity index (χ0n) is 25.1. The Morgan fingerprint density at radius 1 is 0.851 bits per heavy atom. The molecule has 47 heavy (non-hydrogen) atoms. The number of ether oxygens (including phenoxy) is 1. The number of fused-ring (bicyclic) bond motifs is 1. The Balaban J connectivity index is 1.35. The summed E-state index contributed by atoms with van der Waals surface area (Å²) in [4.78, 5) is 52.9. The van der Waals surface area contributed by atoms with Gasteiger partial charge in [0, 0.05) is 12.8 Å². The Kier molecular flexibility index (Phi) is 10.7. The molecule has 0 aliphatic carbocycles. The Labute approximate surface area is 268 Å². The van der Waals surface area contributed by atoms with Crippen LogP contribution in [0.1, 0.15) is 11.1 Å². The maximum atomic E-state index is 13.8. The number of rotatable bonds is 12. The number of hydrogen-bond donors (Lipinski definition) is 8. The first kappa shape index (κ1) is 33.4. The molecular weight excluding hydrogens is 612 g/mol. The van der Waals surface area contributed by atoms with E-state index < -0.39 is 67.1 Å². The van der Waals surface area contributed by atoms with E-state index in [4.69, 9.17) is 10.5 Å². The lowest BCUT2D eigenvalue weighted by Gasteiger charge is -2.40. The van der Waals surface area contributed by atoms with E-state index in [9.17, 15) is 34.8 Å². The molecule has 16 heteroatoms. The molecule has 1 aliphatic rings. The molecule has 9 N–H and O–H groups in total. The van der Waals surface area contributed by atoms with Crippen molar-refractivity contribution in [2.45, 2.75) is 62.1 Å². The van der Waals surface area contributed by atoms with Gasteiger partial charge in [0.2, 0.25) is 17.7 Å². The Morgan fingerprint density at radius 3 is 2.09 bits per heavy atom. The lowest BCUT2D eigenvalue weighted by atomic mass is 9.96. The highest BCUT2D eigenvalue weighted by molar-refractivity contribution is 5.93. The number of aliphatic hydroxyl groups is 4. The Hall–Kier alpha value is -5.00. The van der Waals surface area contributed by atoms with Crippen LogP contribution in [-0.2, 0) is 38.5 Å². The molecule has 0 bridgehead atoms. The topological polar surface area (TPSA) is 247 Å². The van der Waals surface area contributed by atoms with Crippen LogP contribution in [0.2, 0.25) is 0 Å². The van der Waals surface area contributed by atoms with Crippen LogP contribution in [0.25, 0.3) is 11.2 Å². The fourth-order valence-electron chi connectivity index (χ4n) is 5.32. The first-order valence-electron chi connectivity index (χ1n) is 14.8. The number of nitrogens with two attached hydrogens (primary N) is 1.